The number of hydrogen-bond donors (Lipinski definition) is 2. The van der Waals surface area contributed by atoms with Gasteiger partial charge < -0.3 is 20.2 Å². The van der Waals surface area contributed by atoms with E-state index in [1.807, 2.05) is 12.1 Å². The summed E-state index contributed by atoms with van der Waals surface area (Å²) >= 11 is 0. The zero-order valence-corrected chi connectivity index (χ0v) is 15.4. The number of β-amino-alcohol motifs (C(OH)–C–C–N with tert-alkyl or cyclic N) is 1. The first-order valence-corrected chi connectivity index (χ1v) is 9.61. The Morgan fingerprint density at radius 2 is 1.80 bits per heavy atom. The lowest BCUT2D eigenvalue weighted by atomic mass is 10.0. The number of nitrogens with one attached hydrogen (secondary N) is 1. The number of hydrogen-bond acceptors (Lipinski definition) is 4. The molecule has 1 atom stereocenters. The van der Waals surface area contributed by atoms with E-state index < -0.39 is 0 Å². The monoisotopic (exact) mass is 345 g/mol. The Bertz CT molecular complexity index is 565. The summed E-state index contributed by atoms with van der Waals surface area (Å²) in [5.74, 6) is 0.0325. The van der Waals surface area contributed by atoms with Gasteiger partial charge in [-0.2, -0.15) is 0 Å². The lowest BCUT2D eigenvalue weighted by Gasteiger charge is -2.35. The summed E-state index contributed by atoms with van der Waals surface area (Å²) < 4.78 is 0. The van der Waals surface area contributed by atoms with Gasteiger partial charge in [-0.3, -0.25) is 4.79 Å². The number of amides is 1. The summed E-state index contributed by atoms with van der Waals surface area (Å²) in [6.07, 6.45) is 3.61. The van der Waals surface area contributed by atoms with Crippen LogP contribution in [0.4, 0.5) is 5.69 Å². The molecule has 2 heterocycles. The molecule has 0 bridgehead atoms. The molecule has 1 aromatic carbocycles. The van der Waals surface area contributed by atoms with E-state index in [1.165, 1.54) is 5.69 Å². The van der Waals surface area contributed by atoms with Gasteiger partial charge in [0, 0.05) is 49.5 Å². The van der Waals surface area contributed by atoms with Crippen molar-refractivity contribution >= 4 is 11.6 Å². The number of carbonyl (C=O) groups excluding carboxylic acids is 1. The Morgan fingerprint density at radius 1 is 1.12 bits per heavy atom. The van der Waals surface area contributed by atoms with Gasteiger partial charge >= 0.3 is 0 Å². The molecule has 138 valence electrons. The molecule has 2 aliphatic heterocycles. The molecule has 0 spiro atoms. The highest BCUT2D eigenvalue weighted by Crippen LogP contribution is 2.22. The molecule has 1 amide bonds. The van der Waals surface area contributed by atoms with Gasteiger partial charge in [0.05, 0.1) is 6.10 Å². The predicted octanol–water partition coefficient (Wildman–Crippen LogP) is 2.25. The molecule has 1 unspecified atom stereocenters. The molecule has 0 radical (unpaired) electrons. The Morgan fingerprint density at radius 3 is 2.40 bits per heavy atom. The van der Waals surface area contributed by atoms with E-state index in [9.17, 15) is 9.90 Å². The molecule has 2 N–H and O–H groups in total. The van der Waals surface area contributed by atoms with E-state index in [2.05, 4.69) is 36.2 Å². The molecule has 3 rings (SSSR count). The maximum atomic E-state index is 12.6. The fourth-order valence-corrected chi connectivity index (χ4v) is 3.91. The molecule has 5 heteroatoms. The quantitative estimate of drug-likeness (QED) is 0.879. The molecular formula is C20H31N3O2. The molecule has 25 heavy (non-hydrogen) atoms. The zero-order chi connectivity index (χ0) is 17.8. The number of carbonyl (C=O) groups is 1. The summed E-state index contributed by atoms with van der Waals surface area (Å²) in [5.41, 5.74) is 1.91. The van der Waals surface area contributed by atoms with Crippen LogP contribution in [-0.2, 0) is 0 Å². The summed E-state index contributed by atoms with van der Waals surface area (Å²) in [6, 6.07) is 9.12. The number of benzene rings is 1. The van der Waals surface area contributed by atoms with Crippen molar-refractivity contribution in [3.63, 3.8) is 0 Å². The van der Waals surface area contributed by atoms with Gasteiger partial charge in [-0.1, -0.05) is 13.8 Å². The highest BCUT2D eigenvalue weighted by molar-refractivity contribution is 5.94. The second-order valence-electron chi connectivity index (χ2n) is 7.68. The minimum Gasteiger partial charge on any atom is -0.391 e. The highest BCUT2D eigenvalue weighted by Gasteiger charge is 2.24. The van der Waals surface area contributed by atoms with E-state index >= 15 is 0 Å². The number of anilines is 1. The van der Waals surface area contributed by atoms with Crippen LogP contribution in [0.25, 0.3) is 0 Å². The molecular weight excluding hydrogens is 314 g/mol. The first-order chi connectivity index (χ1) is 12.0. The summed E-state index contributed by atoms with van der Waals surface area (Å²) in [6.45, 7) is 7.70. The van der Waals surface area contributed by atoms with E-state index in [0.29, 0.717) is 24.2 Å². The standard InChI is InChI=1S/C20H31N3O2/c1-15(2)21-17-9-12-22(13-10-17)18-7-5-16(6-8-18)20(25)23-11-3-4-19(24)14-23/h5-8,15,17,19,21,24H,3-4,9-14H2,1-2H3. The molecule has 5 nitrogen and oxygen atoms in total. The molecule has 1 aromatic rings. The Kier molecular flexibility index (Phi) is 5.97. The van der Waals surface area contributed by atoms with E-state index in [1.54, 1.807) is 4.90 Å². The summed E-state index contributed by atoms with van der Waals surface area (Å²) in [7, 11) is 0. The van der Waals surface area contributed by atoms with Crippen molar-refractivity contribution in [3.05, 3.63) is 29.8 Å². The first kappa shape index (κ1) is 18.2. The maximum Gasteiger partial charge on any atom is 0.253 e. The number of aliphatic hydroxyl groups excluding tert-OH is 1. The number of rotatable bonds is 4. The van der Waals surface area contributed by atoms with Gasteiger partial charge in [-0.15, -0.1) is 0 Å². The second-order valence-corrected chi connectivity index (χ2v) is 7.68. The van der Waals surface area contributed by atoms with Gasteiger partial charge in [0.2, 0.25) is 0 Å². The van der Waals surface area contributed by atoms with Crippen LogP contribution in [0.15, 0.2) is 24.3 Å². The lowest BCUT2D eigenvalue weighted by molar-refractivity contribution is 0.0474. The second kappa shape index (κ2) is 8.19. The van der Waals surface area contributed by atoms with Crippen molar-refractivity contribution < 1.29 is 9.90 Å². The van der Waals surface area contributed by atoms with E-state index in [-0.39, 0.29) is 12.0 Å². The topological polar surface area (TPSA) is 55.8 Å². The molecule has 2 aliphatic rings. The van der Waals surface area contributed by atoms with Crippen molar-refractivity contribution in [1.82, 2.24) is 10.2 Å². The van der Waals surface area contributed by atoms with Crippen LogP contribution in [0.1, 0.15) is 49.9 Å². The van der Waals surface area contributed by atoms with Crippen LogP contribution in [0.5, 0.6) is 0 Å². The minimum atomic E-state index is -0.377. The Labute approximate surface area is 151 Å². The number of likely N-dealkylation sites (tertiary alicyclic amines) is 1. The third kappa shape index (κ3) is 4.73. The first-order valence-electron chi connectivity index (χ1n) is 9.61. The minimum absolute atomic E-state index is 0.0325. The van der Waals surface area contributed by atoms with Crippen molar-refractivity contribution in [3.8, 4) is 0 Å². The fourth-order valence-electron chi connectivity index (χ4n) is 3.91. The van der Waals surface area contributed by atoms with Crippen LogP contribution in [0, 0.1) is 0 Å². The average Bonchev–Trinajstić information content (AvgIpc) is 2.61. The molecule has 0 aromatic heterocycles. The van der Waals surface area contributed by atoms with Gasteiger partial charge in [0.1, 0.15) is 0 Å². The van der Waals surface area contributed by atoms with Crippen molar-refractivity contribution in [2.75, 3.05) is 31.1 Å². The molecule has 2 fully saturated rings. The third-order valence-electron chi connectivity index (χ3n) is 5.23. The molecule has 2 saturated heterocycles. The smallest absolute Gasteiger partial charge is 0.253 e. The normalized spacial score (nSPS) is 22.5. The lowest BCUT2D eigenvalue weighted by Crippen LogP contribution is -2.44. The van der Waals surface area contributed by atoms with Gasteiger partial charge in [-0.25, -0.2) is 0 Å². The SMILES string of the molecule is CC(C)NC1CCN(c2ccc(C(=O)N3CCCC(O)C3)cc2)CC1. The van der Waals surface area contributed by atoms with Crippen LogP contribution in [0.2, 0.25) is 0 Å². The van der Waals surface area contributed by atoms with Gasteiger partial charge in [0.25, 0.3) is 5.91 Å². The highest BCUT2D eigenvalue weighted by atomic mass is 16.3. The average molecular weight is 345 g/mol. The van der Waals surface area contributed by atoms with Crippen molar-refractivity contribution in [2.24, 2.45) is 0 Å². The Balaban J connectivity index is 1.56. The summed E-state index contributed by atoms with van der Waals surface area (Å²) in [5, 5.41) is 13.4. The molecule has 0 aliphatic carbocycles. The van der Waals surface area contributed by atoms with Crippen molar-refractivity contribution in [2.45, 2.75) is 57.7 Å². The molecule has 0 saturated carbocycles. The fraction of sp³-hybridized carbons (Fsp3) is 0.650. The van der Waals surface area contributed by atoms with Crippen LogP contribution < -0.4 is 10.2 Å². The van der Waals surface area contributed by atoms with Gasteiger partial charge in [-0.05, 0) is 49.9 Å². The third-order valence-corrected chi connectivity index (χ3v) is 5.23. The number of nitrogens with zero attached hydrogens (tertiary/aromatic N) is 2. The van der Waals surface area contributed by atoms with Crippen LogP contribution in [-0.4, -0.2) is 60.3 Å². The largest absolute Gasteiger partial charge is 0.391 e. The maximum absolute atomic E-state index is 12.6. The number of piperidine rings is 2. The predicted molar refractivity (Wildman–Crippen MR) is 101 cm³/mol. The van der Waals surface area contributed by atoms with E-state index in [0.717, 1.165) is 45.3 Å². The number of aliphatic hydroxyl groups is 1. The summed E-state index contributed by atoms with van der Waals surface area (Å²) in [4.78, 5) is 16.7. The zero-order valence-electron chi connectivity index (χ0n) is 15.4. The van der Waals surface area contributed by atoms with Crippen LogP contribution in [0.3, 0.4) is 0 Å². The van der Waals surface area contributed by atoms with Crippen molar-refractivity contribution in [1.29, 1.82) is 0 Å². The van der Waals surface area contributed by atoms with Gasteiger partial charge in [0.15, 0.2) is 0 Å². The van der Waals surface area contributed by atoms with Crippen LogP contribution >= 0.6 is 0 Å². The van der Waals surface area contributed by atoms with E-state index in [4.69, 9.17) is 0 Å². The Hall–Kier alpha value is -1.59.